The number of allylic oxidation sites excluding steroid dienone is 5. The molecule has 0 aromatic heterocycles. The summed E-state index contributed by atoms with van der Waals surface area (Å²) in [6, 6.07) is 0. The van der Waals surface area contributed by atoms with Gasteiger partial charge >= 0.3 is 0 Å². The number of rotatable bonds is 3. The average Bonchev–Trinajstić information content (AvgIpc) is 2.13. The van der Waals surface area contributed by atoms with Crippen LogP contribution in [0.3, 0.4) is 0 Å². The fraction of sp³-hybridized carbons (Fsp3) is 0.500. The number of hydrogen-bond donors (Lipinski definition) is 1. The molecule has 0 aliphatic heterocycles. The molecule has 0 saturated carbocycles. The van der Waals surface area contributed by atoms with Gasteiger partial charge in [0.05, 0.1) is 0 Å². The van der Waals surface area contributed by atoms with Crippen LogP contribution in [-0.4, -0.2) is 6.54 Å². The Balaban J connectivity index is 2.70. The lowest BCUT2D eigenvalue weighted by Crippen LogP contribution is -2.11. The SMILES string of the molecule is CCCN/C=C1/C=C(C)C=C(Cl)C1C. The van der Waals surface area contributed by atoms with Crippen molar-refractivity contribution in [2.75, 3.05) is 6.54 Å². The summed E-state index contributed by atoms with van der Waals surface area (Å²) < 4.78 is 0. The highest BCUT2D eigenvalue weighted by molar-refractivity contribution is 6.30. The first-order valence-electron chi connectivity index (χ1n) is 5.14. The van der Waals surface area contributed by atoms with Crippen molar-refractivity contribution in [3.63, 3.8) is 0 Å². The molecule has 0 heterocycles. The van der Waals surface area contributed by atoms with Gasteiger partial charge in [0, 0.05) is 23.7 Å². The van der Waals surface area contributed by atoms with Crippen LogP contribution in [0.25, 0.3) is 0 Å². The van der Waals surface area contributed by atoms with Crippen LogP contribution < -0.4 is 5.32 Å². The number of halogens is 1. The summed E-state index contributed by atoms with van der Waals surface area (Å²) in [4.78, 5) is 0. The Morgan fingerprint density at radius 1 is 1.50 bits per heavy atom. The molecule has 1 rings (SSSR count). The standard InChI is InChI=1S/C12H18ClN/c1-4-5-14-8-11-6-9(2)7-12(13)10(11)3/h6-8,10,14H,4-5H2,1-3H3/b11-8-. The molecule has 14 heavy (non-hydrogen) atoms. The molecule has 0 radical (unpaired) electrons. The number of nitrogens with one attached hydrogen (secondary N) is 1. The molecule has 1 unspecified atom stereocenters. The van der Waals surface area contributed by atoms with Gasteiger partial charge in [-0.15, -0.1) is 0 Å². The van der Waals surface area contributed by atoms with Gasteiger partial charge in [0.15, 0.2) is 0 Å². The third-order valence-corrected chi connectivity index (χ3v) is 2.77. The van der Waals surface area contributed by atoms with Gasteiger partial charge < -0.3 is 5.32 Å². The summed E-state index contributed by atoms with van der Waals surface area (Å²) in [6.07, 6.45) is 7.43. The quantitative estimate of drug-likeness (QED) is 0.704. The van der Waals surface area contributed by atoms with Crippen molar-refractivity contribution in [3.05, 3.63) is 34.5 Å². The Morgan fingerprint density at radius 3 is 2.86 bits per heavy atom. The molecular weight excluding hydrogens is 194 g/mol. The van der Waals surface area contributed by atoms with Crippen LogP contribution in [0.2, 0.25) is 0 Å². The van der Waals surface area contributed by atoms with E-state index >= 15 is 0 Å². The van der Waals surface area contributed by atoms with Crippen LogP contribution in [-0.2, 0) is 0 Å². The average molecular weight is 212 g/mol. The van der Waals surface area contributed by atoms with E-state index in [9.17, 15) is 0 Å². The van der Waals surface area contributed by atoms with Crippen LogP contribution in [0, 0.1) is 5.92 Å². The second kappa shape index (κ2) is 5.26. The van der Waals surface area contributed by atoms with Crippen molar-refractivity contribution in [2.24, 2.45) is 5.92 Å². The van der Waals surface area contributed by atoms with Crippen molar-refractivity contribution in [3.8, 4) is 0 Å². The molecule has 0 saturated heterocycles. The highest BCUT2D eigenvalue weighted by atomic mass is 35.5. The van der Waals surface area contributed by atoms with E-state index in [0.29, 0.717) is 5.92 Å². The molecule has 0 aromatic carbocycles. The Morgan fingerprint density at radius 2 is 2.21 bits per heavy atom. The van der Waals surface area contributed by atoms with Gasteiger partial charge in [0.1, 0.15) is 0 Å². The Hall–Kier alpha value is -0.690. The van der Waals surface area contributed by atoms with E-state index in [1.54, 1.807) is 0 Å². The predicted octanol–water partition coefficient (Wildman–Crippen LogP) is 3.59. The van der Waals surface area contributed by atoms with Crippen molar-refractivity contribution in [1.29, 1.82) is 0 Å². The topological polar surface area (TPSA) is 12.0 Å². The molecule has 0 bridgehead atoms. The largest absolute Gasteiger partial charge is 0.391 e. The highest BCUT2D eigenvalue weighted by Gasteiger charge is 2.14. The minimum atomic E-state index is 0.324. The Labute approximate surface area is 91.5 Å². The zero-order valence-corrected chi connectivity index (χ0v) is 9.86. The molecule has 0 amide bonds. The lowest BCUT2D eigenvalue weighted by Gasteiger charge is -2.18. The predicted molar refractivity (Wildman–Crippen MR) is 63.2 cm³/mol. The summed E-state index contributed by atoms with van der Waals surface area (Å²) >= 11 is 6.12. The van der Waals surface area contributed by atoms with Gasteiger partial charge in [-0.2, -0.15) is 0 Å². The van der Waals surface area contributed by atoms with Gasteiger partial charge in [0.2, 0.25) is 0 Å². The summed E-state index contributed by atoms with van der Waals surface area (Å²) in [6.45, 7) is 7.37. The van der Waals surface area contributed by atoms with Crippen LogP contribution >= 0.6 is 11.6 Å². The number of hydrogen-bond acceptors (Lipinski definition) is 1. The van der Waals surface area contributed by atoms with Gasteiger partial charge in [-0.25, -0.2) is 0 Å². The normalized spacial score (nSPS) is 24.6. The minimum absolute atomic E-state index is 0.324. The smallest absolute Gasteiger partial charge is 0.0256 e. The van der Waals surface area contributed by atoms with Gasteiger partial charge in [-0.3, -0.25) is 0 Å². The van der Waals surface area contributed by atoms with E-state index < -0.39 is 0 Å². The zero-order chi connectivity index (χ0) is 10.6. The maximum Gasteiger partial charge on any atom is 0.0256 e. The van der Waals surface area contributed by atoms with Crippen molar-refractivity contribution >= 4 is 11.6 Å². The molecule has 1 atom stereocenters. The van der Waals surface area contributed by atoms with Crippen molar-refractivity contribution < 1.29 is 0 Å². The molecular formula is C12H18ClN. The third kappa shape index (κ3) is 2.91. The van der Waals surface area contributed by atoms with E-state index in [4.69, 9.17) is 11.6 Å². The summed E-state index contributed by atoms with van der Waals surface area (Å²) in [5.41, 5.74) is 2.49. The van der Waals surface area contributed by atoms with Crippen LogP contribution in [0.1, 0.15) is 27.2 Å². The van der Waals surface area contributed by atoms with E-state index in [0.717, 1.165) is 18.0 Å². The first-order chi connectivity index (χ1) is 6.65. The minimum Gasteiger partial charge on any atom is -0.391 e. The van der Waals surface area contributed by atoms with Gasteiger partial charge in [-0.1, -0.05) is 31.5 Å². The molecule has 1 N–H and O–H groups in total. The lowest BCUT2D eigenvalue weighted by atomic mass is 9.94. The molecule has 1 aliphatic rings. The fourth-order valence-electron chi connectivity index (χ4n) is 1.43. The Bertz CT molecular complexity index is 287. The molecule has 0 aromatic rings. The third-order valence-electron chi connectivity index (χ3n) is 2.34. The molecule has 0 fully saturated rings. The first-order valence-corrected chi connectivity index (χ1v) is 5.51. The van der Waals surface area contributed by atoms with E-state index in [1.807, 2.05) is 6.08 Å². The first kappa shape index (κ1) is 11.4. The molecule has 1 aliphatic carbocycles. The maximum absolute atomic E-state index is 6.12. The molecule has 1 nitrogen and oxygen atoms in total. The lowest BCUT2D eigenvalue weighted by molar-refractivity contribution is 0.778. The highest BCUT2D eigenvalue weighted by Crippen LogP contribution is 2.30. The maximum atomic E-state index is 6.12. The van der Waals surface area contributed by atoms with E-state index in [-0.39, 0.29) is 0 Å². The molecule has 2 heteroatoms. The van der Waals surface area contributed by atoms with Crippen LogP contribution in [0.5, 0.6) is 0 Å². The van der Waals surface area contributed by atoms with Gasteiger partial charge in [0.25, 0.3) is 0 Å². The monoisotopic (exact) mass is 211 g/mol. The molecule has 78 valence electrons. The zero-order valence-electron chi connectivity index (χ0n) is 9.10. The van der Waals surface area contributed by atoms with Gasteiger partial charge in [-0.05, 0) is 30.6 Å². The van der Waals surface area contributed by atoms with Crippen LogP contribution in [0.15, 0.2) is 34.5 Å². The van der Waals surface area contributed by atoms with Crippen molar-refractivity contribution in [1.82, 2.24) is 5.32 Å². The van der Waals surface area contributed by atoms with Crippen molar-refractivity contribution in [2.45, 2.75) is 27.2 Å². The van der Waals surface area contributed by atoms with Crippen LogP contribution in [0.4, 0.5) is 0 Å². The molecule has 0 spiro atoms. The summed E-state index contributed by atoms with van der Waals surface area (Å²) in [5, 5.41) is 4.21. The Kier molecular flexibility index (Phi) is 4.27. The van der Waals surface area contributed by atoms with E-state index in [1.165, 1.54) is 11.1 Å². The second-order valence-electron chi connectivity index (χ2n) is 3.74. The van der Waals surface area contributed by atoms with E-state index in [2.05, 4.69) is 38.4 Å². The second-order valence-corrected chi connectivity index (χ2v) is 4.17. The summed E-state index contributed by atoms with van der Waals surface area (Å²) in [7, 11) is 0. The summed E-state index contributed by atoms with van der Waals surface area (Å²) in [5.74, 6) is 0.324. The fourth-order valence-corrected chi connectivity index (χ4v) is 1.73.